The zero-order valence-corrected chi connectivity index (χ0v) is 11.3. The Hall–Kier alpha value is -1.35. The molecule has 0 aromatic heterocycles. The van der Waals surface area contributed by atoms with Gasteiger partial charge in [0.05, 0.1) is 6.61 Å². The molecular weight excluding hydrogens is 226 g/mol. The minimum absolute atomic E-state index is 0.151. The van der Waals surface area contributed by atoms with Crippen molar-refractivity contribution >= 4 is 5.97 Å². The second-order valence-corrected chi connectivity index (χ2v) is 5.30. The molecule has 1 rings (SSSR count). The van der Waals surface area contributed by atoms with Gasteiger partial charge in [0.25, 0.3) is 0 Å². The molecule has 0 bridgehead atoms. The van der Waals surface area contributed by atoms with E-state index >= 15 is 0 Å². The average Bonchev–Trinajstić information content (AvgIpc) is 2.33. The molecule has 0 heterocycles. The summed E-state index contributed by atoms with van der Waals surface area (Å²) in [6.07, 6.45) is 2.86. The number of hydrogen-bond acceptors (Lipinski definition) is 3. The number of carbonyl (C=O) groups excluding carboxylic acids is 1. The van der Waals surface area contributed by atoms with Crippen molar-refractivity contribution in [1.29, 1.82) is 0 Å². The molecule has 0 unspecified atom stereocenters. The number of hydrogen-bond donors (Lipinski definition) is 1. The van der Waals surface area contributed by atoms with Crippen LogP contribution < -0.4 is 5.73 Å². The lowest BCUT2D eigenvalue weighted by Gasteiger charge is -2.17. The Labute approximate surface area is 109 Å². The topological polar surface area (TPSA) is 52.3 Å². The Morgan fingerprint density at radius 3 is 2.56 bits per heavy atom. The SMILES string of the molecule is CC(C)(N)CCC(=O)OCCCc1ccccc1. The first kappa shape index (κ1) is 14.7. The minimum Gasteiger partial charge on any atom is -0.466 e. The molecule has 100 valence electrons. The summed E-state index contributed by atoms with van der Waals surface area (Å²) in [4.78, 5) is 11.4. The van der Waals surface area contributed by atoms with E-state index < -0.39 is 0 Å². The maximum atomic E-state index is 11.4. The van der Waals surface area contributed by atoms with Crippen molar-refractivity contribution in [2.45, 2.75) is 45.1 Å². The molecule has 0 aliphatic rings. The molecule has 1 aromatic rings. The van der Waals surface area contributed by atoms with Crippen molar-refractivity contribution in [1.82, 2.24) is 0 Å². The van der Waals surface area contributed by atoms with Gasteiger partial charge in [0, 0.05) is 12.0 Å². The largest absolute Gasteiger partial charge is 0.466 e. The molecule has 1 aromatic carbocycles. The zero-order chi connectivity index (χ0) is 13.4. The third-order valence-electron chi connectivity index (χ3n) is 2.69. The molecule has 2 N–H and O–H groups in total. The summed E-state index contributed by atoms with van der Waals surface area (Å²) in [5.41, 5.74) is 6.78. The summed E-state index contributed by atoms with van der Waals surface area (Å²) in [5.74, 6) is -0.151. The van der Waals surface area contributed by atoms with Gasteiger partial charge >= 0.3 is 5.97 Å². The number of esters is 1. The van der Waals surface area contributed by atoms with Crippen LogP contribution in [-0.4, -0.2) is 18.1 Å². The summed E-state index contributed by atoms with van der Waals surface area (Å²) in [5, 5.41) is 0. The van der Waals surface area contributed by atoms with Gasteiger partial charge in [-0.05, 0) is 38.7 Å². The lowest BCUT2D eigenvalue weighted by Crippen LogP contribution is -2.32. The molecule has 3 nitrogen and oxygen atoms in total. The van der Waals surface area contributed by atoms with E-state index in [2.05, 4.69) is 12.1 Å². The smallest absolute Gasteiger partial charge is 0.305 e. The summed E-state index contributed by atoms with van der Waals surface area (Å²) < 4.78 is 5.16. The van der Waals surface area contributed by atoms with Crippen molar-refractivity contribution in [3.8, 4) is 0 Å². The van der Waals surface area contributed by atoms with Crippen LogP contribution in [0.2, 0.25) is 0 Å². The third-order valence-corrected chi connectivity index (χ3v) is 2.69. The van der Waals surface area contributed by atoms with Gasteiger partial charge in [0.15, 0.2) is 0 Å². The molecule has 0 aliphatic carbocycles. The lowest BCUT2D eigenvalue weighted by atomic mass is 10.0. The highest BCUT2D eigenvalue weighted by Crippen LogP contribution is 2.08. The van der Waals surface area contributed by atoms with Crippen LogP contribution >= 0.6 is 0 Å². The summed E-state index contributed by atoms with van der Waals surface area (Å²) >= 11 is 0. The van der Waals surface area contributed by atoms with Gasteiger partial charge in [-0.25, -0.2) is 0 Å². The molecule has 0 fully saturated rings. The van der Waals surface area contributed by atoms with Crippen LogP contribution in [0.1, 0.15) is 38.7 Å². The number of rotatable bonds is 7. The number of benzene rings is 1. The van der Waals surface area contributed by atoms with Gasteiger partial charge in [0.2, 0.25) is 0 Å². The predicted octanol–water partition coefficient (Wildman–Crippen LogP) is 2.68. The Kier molecular flexibility index (Phi) is 5.86. The normalized spacial score (nSPS) is 11.3. The highest BCUT2D eigenvalue weighted by atomic mass is 16.5. The monoisotopic (exact) mass is 249 g/mol. The quantitative estimate of drug-likeness (QED) is 0.597. The van der Waals surface area contributed by atoms with Gasteiger partial charge in [0.1, 0.15) is 0 Å². The van der Waals surface area contributed by atoms with Crippen molar-refractivity contribution in [3.05, 3.63) is 35.9 Å². The second kappa shape index (κ2) is 7.17. The van der Waals surface area contributed by atoms with Crippen LogP contribution in [0, 0.1) is 0 Å². The molecule has 18 heavy (non-hydrogen) atoms. The summed E-state index contributed by atoms with van der Waals surface area (Å²) in [6.45, 7) is 4.31. The van der Waals surface area contributed by atoms with E-state index in [0.717, 1.165) is 12.8 Å². The second-order valence-electron chi connectivity index (χ2n) is 5.30. The van der Waals surface area contributed by atoms with E-state index in [9.17, 15) is 4.79 Å². The maximum absolute atomic E-state index is 11.4. The summed E-state index contributed by atoms with van der Waals surface area (Å²) in [6, 6.07) is 10.2. The van der Waals surface area contributed by atoms with Crippen molar-refractivity contribution < 1.29 is 9.53 Å². The van der Waals surface area contributed by atoms with Gasteiger partial charge in [-0.1, -0.05) is 30.3 Å². The Balaban J connectivity index is 2.09. The molecule has 0 atom stereocenters. The van der Waals surface area contributed by atoms with Crippen molar-refractivity contribution in [3.63, 3.8) is 0 Å². The van der Waals surface area contributed by atoms with Crippen molar-refractivity contribution in [2.75, 3.05) is 6.61 Å². The Bertz CT molecular complexity index is 355. The van der Waals surface area contributed by atoms with E-state index in [1.165, 1.54) is 5.56 Å². The molecular formula is C15H23NO2. The van der Waals surface area contributed by atoms with E-state index in [4.69, 9.17) is 10.5 Å². The van der Waals surface area contributed by atoms with Gasteiger partial charge in [-0.3, -0.25) is 4.79 Å². The number of carbonyl (C=O) groups is 1. The predicted molar refractivity (Wildman–Crippen MR) is 73.2 cm³/mol. The number of nitrogens with two attached hydrogens (primary N) is 1. The first-order valence-corrected chi connectivity index (χ1v) is 6.46. The molecule has 0 aliphatic heterocycles. The van der Waals surface area contributed by atoms with Crippen LogP contribution in [0.4, 0.5) is 0 Å². The molecule has 0 radical (unpaired) electrons. The van der Waals surface area contributed by atoms with Crippen LogP contribution in [0.25, 0.3) is 0 Å². The van der Waals surface area contributed by atoms with E-state index in [1.807, 2.05) is 32.0 Å². The molecule has 0 saturated carbocycles. The highest BCUT2D eigenvalue weighted by Gasteiger charge is 2.13. The fourth-order valence-corrected chi connectivity index (χ4v) is 1.60. The molecule has 0 spiro atoms. The third kappa shape index (κ3) is 7.07. The average molecular weight is 249 g/mol. The Morgan fingerprint density at radius 2 is 1.94 bits per heavy atom. The zero-order valence-electron chi connectivity index (χ0n) is 11.3. The molecule has 3 heteroatoms. The van der Waals surface area contributed by atoms with Gasteiger partial charge in [-0.2, -0.15) is 0 Å². The first-order chi connectivity index (χ1) is 8.47. The first-order valence-electron chi connectivity index (χ1n) is 6.46. The van der Waals surface area contributed by atoms with E-state index in [0.29, 0.717) is 19.4 Å². The summed E-state index contributed by atoms with van der Waals surface area (Å²) in [7, 11) is 0. The van der Waals surface area contributed by atoms with Crippen LogP contribution in [0.15, 0.2) is 30.3 Å². The number of aryl methyl sites for hydroxylation is 1. The van der Waals surface area contributed by atoms with E-state index in [1.54, 1.807) is 0 Å². The molecule has 0 saturated heterocycles. The molecule has 0 amide bonds. The van der Waals surface area contributed by atoms with Gasteiger partial charge < -0.3 is 10.5 Å². The minimum atomic E-state index is -0.303. The Morgan fingerprint density at radius 1 is 1.28 bits per heavy atom. The van der Waals surface area contributed by atoms with E-state index in [-0.39, 0.29) is 11.5 Å². The lowest BCUT2D eigenvalue weighted by molar-refractivity contribution is -0.144. The van der Waals surface area contributed by atoms with Gasteiger partial charge in [-0.15, -0.1) is 0 Å². The maximum Gasteiger partial charge on any atom is 0.305 e. The van der Waals surface area contributed by atoms with Crippen LogP contribution in [0.5, 0.6) is 0 Å². The number of ether oxygens (including phenoxy) is 1. The fraction of sp³-hybridized carbons (Fsp3) is 0.533. The van der Waals surface area contributed by atoms with Crippen molar-refractivity contribution in [2.24, 2.45) is 5.73 Å². The van der Waals surface area contributed by atoms with Crippen LogP contribution in [0.3, 0.4) is 0 Å². The van der Waals surface area contributed by atoms with Crippen LogP contribution in [-0.2, 0) is 16.0 Å². The standard InChI is InChI=1S/C15H23NO2/c1-15(2,16)11-10-14(17)18-12-6-9-13-7-4-3-5-8-13/h3-5,7-8H,6,9-12,16H2,1-2H3. The fourth-order valence-electron chi connectivity index (χ4n) is 1.60. The highest BCUT2D eigenvalue weighted by molar-refractivity contribution is 5.69.